The fourth-order valence-electron chi connectivity index (χ4n) is 5.36. The molecule has 5 rings (SSSR count). The average Bonchev–Trinajstić information content (AvgIpc) is 3.52. The number of amides is 2. The molecule has 3 fully saturated rings. The number of carbonyl (C=O) groups is 3. The number of anilines is 1. The number of aromatic amines is 1. The number of hydrogen-bond donors (Lipinski definition) is 3. The molecule has 36 heavy (non-hydrogen) atoms. The van der Waals surface area contributed by atoms with Gasteiger partial charge >= 0.3 is 6.09 Å². The van der Waals surface area contributed by atoms with Gasteiger partial charge in [0.2, 0.25) is 5.91 Å². The van der Waals surface area contributed by atoms with Crippen LogP contribution in [0.2, 0.25) is 0 Å². The van der Waals surface area contributed by atoms with Gasteiger partial charge in [-0.15, -0.1) is 0 Å². The van der Waals surface area contributed by atoms with E-state index in [4.69, 9.17) is 14.2 Å². The second-order valence-corrected chi connectivity index (χ2v) is 9.60. The standard InChI is InChI=1S/C25H30N4O7/c1-34-19-6-14(20(11-30)22(31)9-19)3-5-24(32)26-23-10-21(27-28-23)15-2-4-18(7-15)36-25(33)29-16-8-17(29)13-35-12-16/h6,9-11,15-18,31H,2-5,7-8,12-13H2,1H3,(H2,26,27,28,32)/t15-,16?,17?,18+/m0/s1. The molecular formula is C25H30N4O7. The third kappa shape index (κ3) is 4.88. The van der Waals surface area contributed by atoms with Gasteiger partial charge in [0.25, 0.3) is 0 Å². The number of carbonyl (C=O) groups excluding carboxylic acids is 3. The highest BCUT2D eigenvalue weighted by Gasteiger charge is 2.47. The molecule has 2 aromatic rings. The first-order chi connectivity index (χ1) is 17.4. The van der Waals surface area contributed by atoms with Gasteiger partial charge in [-0.25, -0.2) is 4.79 Å². The van der Waals surface area contributed by atoms with Crippen molar-refractivity contribution in [3.8, 4) is 11.5 Å². The number of H-pyrrole nitrogens is 1. The van der Waals surface area contributed by atoms with Crippen LogP contribution < -0.4 is 10.1 Å². The Morgan fingerprint density at radius 3 is 2.78 bits per heavy atom. The Morgan fingerprint density at radius 2 is 2.06 bits per heavy atom. The number of aryl methyl sites for hydroxylation is 1. The summed E-state index contributed by atoms with van der Waals surface area (Å²) in [6.45, 7) is 1.17. The summed E-state index contributed by atoms with van der Waals surface area (Å²) in [7, 11) is 1.46. The minimum Gasteiger partial charge on any atom is -0.507 e. The van der Waals surface area contributed by atoms with Gasteiger partial charge in [0, 0.05) is 30.2 Å². The number of methoxy groups -OCH3 is 1. The molecule has 3 aliphatic rings. The lowest BCUT2D eigenvalue weighted by Crippen LogP contribution is -2.65. The van der Waals surface area contributed by atoms with Crippen LogP contribution in [0.25, 0.3) is 0 Å². The molecular weight excluding hydrogens is 468 g/mol. The lowest BCUT2D eigenvalue weighted by molar-refractivity contribution is -0.117. The number of nitrogens with zero attached hydrogens (tertiary/aromatic N) is 2. The van der Waals surface area contributed by atoms with Gasteiger partial charge in [0.1, 0.15) is 17.6 Å². The number of benzene rings is 1. The molecule has 2 unspecified atom stereocenters. The Bertz CT molecular complexity index is 1140. The van der Waals surface area contributed by atoms with Crippen molar-refractivity contribution < 1.29 is 33.7 Å². The molecule has 2 amide bonds. The minimum atomic E-state index is -0.269. The molecule has 2 bridgehead atoms. The summed E-state index contributed by atoms with van der Waals surface area (Å²) >= 11 is 0. The molecule has 11 heteroatoms. The monoisotopic (exact) mass is 498 g/mol. The molecule has 0 radical (unpaired) electrons. The average molecular weight is 499 g/mol. The number of phenolic OH excluding ortho intramolecular Hbond substituents is 1. The smallest absolute Gasteiger partial charge is 0.410 e. The maximum atomic E-state index is 12.6. The van der Waals surface area contributed by atoms with Crippen molar-refractivity contribution in [2.45, 2.75) is 62.6 Å². The molecule has 1 aliphatic carbocycles. The van der Waals surface area contributed by atoms with Crippen molar-refractivity contribution in [1.29, 1.82) is 0 Å². The molecule has 4 atom stereocenters. The van der Waals surface area contributed by atoms with Crippen LogP contribution >= 0.6 is 0 Å². The first-order valence-electron chi connectivity index (χ1n) is 12.2. The molecule has 3 heterocycles. The fourth-order valence-corrected chi connectivity index (χ4v) is 5.36. The van der Waals surface area contributed by atoms with Gasteiger partial charge in [-0.05, 0) is 43.7 Å². The van der Waals surface area contributed by atoms with E-state index < -0.39 is 0 Å². The predicted octanol–water partition coefficient (Wildman–Crippen LogP) is 2.75. The molecule has 0 spiro atoms. The number of morpholine rings is 1. The first-order valence-corrected chi connectivity index (χ1v) is 12.2. The minimum absolute atomic E-state index is 0.0978. The molecule has 192 valence electrons. The predicted molar refractivity (Wildman–Crippen MR) is 127 cm³/mol. The van der Waals surface area contributed by atoms with Gasteiger partial charge in [-0.2, -0.15) is 5.10 Å². The molecule has 2 saturated heterocycles. The van der Waals surface area contributed by atoms with E-state index in [0.29, 0.717) is 43.1 Å². The zero-order valence-corrected chi connectivity index (χ0v) is 20.1. The van der Waals surface area contributed by atoms with Gasteiger partial charge < -0.3 is 24.6 Å². The lowest BCUT2D eigenvalue weighted by Gasteiger charge is -2.51. The van der Waals surface area contributed by atoms with Crippen molar-refractivity contribution in [2.24, 2.45) is 0 Å². The Kier molecular flexibility index (Phi) is 6.82. The summed E-state index contributed by atoms with van der Waals surface area (Å²) in [6.07, 6.45) is 3.86. The van der Waals surface area contributed by atoms with Crippen LogP contribution in [0.4, 0.5) is 10.6 Å². The Labute approximate surface area is 208 Å². The summed E-state index contributed by atoms with van der Waals surface area (Å²) in [5, 5.41) is 20.0. The fraction of sp³-hybridized carbons (Fsp3) is 0.520. The number of fused-ring (bicyclic) bond motifs is 2. The number of aromatic hydroxyl groups is 1. The van der Waals surface area contributed by atoms with E-state index in [-0.39, 0.29) is 60.3 Å². The van der Waals surface area contributed by atoms with E-state index in [1.165, 1.54) is 13.2 Å². The van der Waals surface area contributed by atoms with Crippen LogP contribution in [0.5, 0.6) is 11.5 Å². The normalized spacial score (nSPS) is 24.6. The van der Waals surface area contributed by atoms with E-state index in [2.05, 4.69) is 15.5 Å². The zero-order chi connectivity index (χ0) is 25.2. The lowest BCUT2D eigenvalue weighted by atomic mass is 9.92. The van der Waals surface area contributed by atoms with E-state index in [9.17, 15) is 19.5 Å². The van der Waals surface area contributed by atoms with Gasteiger partial charge in [0.15, 0.2) is 12.1 Å². The third-order valence-corrected chi connectivity index (χ3v) is 7.31. The van der Waals surface area contributed by atoms with Crippen molar-refractivity contribution in [3.05, 3.63) is 35.0 Å². The van der Waals surface area contributed by atoms with Gasteiger partial charge in [-0.1, -0.05) is 0 Å². The van der Waals surface area contributed by atoms with E-state index in [1.807, 2.05) is 4.90 Å². The number of aldehydes is 1. The van der Waals surface area contributed by atoms with Crippen molar-refractivity contribution >= 4 is 24.1 Å². The Balaban J connectivity index is 1.11. The van der Waals surface area contributed by atoms with Gasteiger partial charge in [0.05, 0.1) is 38.0 Å². The Morgan fingerprint density at radius 1 is 1.25 bits per heavy atom. The third-order valence-electron chi connectivity index (χ3n) is 7.31. The summed E-state index contributed by atoms with van der Waals surface area (Å²) in [5.74, 6) is 0.532. The number of hydrogen-bond acceptors (Lipinski definition) is 8. The highest BCUT2D eigenvalue weighted by Crippen LogP contribution is 2.38. The maximum absolute atomic E-state index is 12.6. The summed E-state index contributed by atoms with van der Waals surface area (Å²) in [4.78, 5) is 38.2. The highest BCUT2D eigenvalue weighted by molar-refractivity contribution is 5.90. The molecule has 11 nitrogen and oxygen atoms in total. The van der Waals surface area contributed by atoms with Crippen LogP contribution in [0, 0.1) is 0 Å². The van der Waals surface area contributed by atoms with E-state index >= 15 is 0 Å². The number of rotatable bonds is 8. The second kappa shape index (κ2) is 10.2. The Hall–Kier alpha value is -3.60. The van der Waals surface area contributed by atoms with Crippen molar-refractivity contribution in [3.63, 3.8) is 0 Å². The summed E-state index contributed by atoms with van der Waals surface area (Å²) in [6, 6.07) is 5.09. The van der Waals surface area contributed by atoms with Crippen molar-refractivity contribution in [2.75, 3.05) is 25.6 Å². The topological polar surface area (TPSA) is 143 Å². The van der Waals surface area contributed by atoms with Crippen LogP contribution in [0.3, 0.4) is 0 Å². The molecule has 1 aromatic carbocycles. The van der Waals surface area contributed by atoms with Gasteiger partial charge in [-0.3, -0.25) is 19.6 Å². The summed E-state index contributed by atoms with van der Waals surface area (Å²) in [5.41, 5.74) is 1.56. The van der Waals surface area contributed by atoms with E-state index in [1.54, 1.807) is 12.1 Å². The molecule has 2 aliphatic heterocycles. The van der Waals surface area contributed by atoms with Crippen molar-refractivity contribution in [1.82, 2.24) is 15.1 Å². The quantitative estimate of drug-likeness (QED) is 0.472. The molecule has 1 saturated carbocycles. The van der Waals surface area contributed by atoms with Crippen LogP contribution in [-0.4, -0.2) is 77.0 Å². The molecule has 1 aromatic heterocycles. The first kappa shape index (κ1) is 24.1. The van der Waals surface area contributed by atoms with Crippen LogP contribution in [-0.2, 0) is 20.7 Å². The molecule has 3 N–H and O–H groups in total. The second-order valence-electron chi connectivity index (χ2n) is 9.60. The maximum Gasteiger partial charge on any atom is 0.410 e. The SMILES string of the molecule is COc1cc(O)c(C=O)c(CCC(=O)Nc2cc([C@H]3CC[C@@H](OC(=O)N4C5COCC4C5)C3)[nH]n2)c1. The largest absolute Gasteiger partial charge is 0.507 e. The van der Waals surface area contributed by atoms with E-state index in [0.717, 1.165) is 25.0 Å². The number of aromatic nitrogens is 2. The van der Waals surface area contributed by atoms with Crippen LogP contribution in [0.15, 0.2) is 18.2 Å². The number of phenols is 1. The summed E-state index contributed by atoms with van der Waals surface area (Å²) < 4.78 is 16.3. The van der Waals surface area contributed by atoms with Crippen LogP contribution in [0.1, 0.15) is 59.6 Å². The number of nitrogens with one attached hydrogen (secondary N) is 2. The highest BCUT2D eigenvalue weighted by atomic mass is 16.6. The number of ether oxygens (including phenoxy) is 3. The zero-order valence-electron chi connectivity index (χ0n) is 20.1.